The van der Waals surface area contributed by atoms with Crippen LogP contribution in [0.4, 0.5) is 4.79 Å². The van der Waals surface area contributed by atoms with Gasteiger partial charge in [-0.2, -0.15) is 3.71 Å². The Morgan fingerprint density at radius 2 is 1.71 bits per heavy atom. The first-order chi connectivity index (χ1) is 2.64. The van der Waals surface area contributed by atoms with Crippen LogP contribution in [0.1, 0.15) is 0 Å². The van der Waals surface area contributed by atoms with Crippen molar-refractivity contribution in [3.63, 3.8) is 0 Å². The van der Waals surface area contributed by atoms with Gasteiger partial charge in [-0.1, -0.05) is 0 Å². The van der Waals surface area contributed by atoms with E-state index in [1.807, 2.05) is 0 Å². The van der Waals surface area contributed by atoms with E-state index in [9.17, 15) is 4.79 Å². The summed E-state index contributed by atoms with van der Waals surface area (Å²) in [6.07, 6.45) is -1.18. The first-order valence-electron chi connectivity index (χ1n) is 1.05. The molecule has 0 aromatic rings. The standard InChI is InChI=1S/CH3NO2S2.Ca.2H/c3-1(4)2(5)6;;;/h5-6H,(H,3,4);;;. The van der Waals surface area contributed by atoms with E-state index in [-0.39, 0.29) is 37.7 Å². The molecule has 0 aliphatic carbocycles. The minimum atomic E-state index is -1.18. The van der Waals surface area contributed by atoms with Crippen LogP contribution in [0, 0.1) is 0 Å². The molecule has 40 valence electrons. The van der Waals surface area contributed by atoms with E-state index in [1.165, 1.54) is 0 Å². The van der Waals surface area contributed by atoms with Gasteiger partial charge >= 0.3 is 43.8 Å². The molecule has 7 heavy (non-hydrogen) atoms. The summed E-state index contributed by atoms with van der Waals surface area (Å²) in [7, 11) is 0. The van der Waals surface area contributed by atoms with E-state index in [2.05, 4.69) is 25.6 Å². The van der Waals surface area contributed by atoms with Gasteiger partial charge < -0.3 is 5.11 Å². The SMILES string of the molecule is O=C(O)N(S)S.[CaH2]. The third-order valence-electron chi connectivity index (χ3n) is 0.171. The van der Waals surface area contributed by atoms with Crippen molar-refractivity contribution in [2.24, 2.45) is 0 Å². The number of nitrogens with zero attached hydrogens (tertiary/aromatic N) is 1. The van der Waals surface area contributed by atoms with Gasteiger partial charge in [0, 0.05) is 0 Å². The third kappa shape index (κ3) is 7.23. The molecule has 1 amide bonds. The molecule has 6 heteroatoms. The summed E-state index contributed by atoms with van der Waals surface area (Å²) in [6, 6.07) is 0. The van der Waals surface area contributed by atoms with Crippen molar-refractivity contribution in [1.82, 2.24) is 3.71 Å². The maximum absolute atomic E-state index is 9.47. The number of hydrogen-bond acceptors (Lipinski definition) is 3. The van der Waals surface area contributed by atoms with Crippen molar-refractivity contribution >= 4 is 69.5 Å². The first kappa shape index (κ1) is 11.1. The summed E-state index contributed by atoms with van der Waals surface area (Å²) in [5.41, 5.74) is 0. The summed E-state index contributed by atoms with van der Waals surface area (Å²) in [4.78, 5) is 9.47. The molecule has 0 rings (SSSR count). The molecule has 0 fully saturated rings. The summed E-state index contributed by atoms with van der Waals surface area (Å²) in [5.74, 6) is 0. The number of thiol groups is 2. The molecule has 0 saturated heterocycles. The molecule has 0 aromatic carbocycles. The summed E-state index contributed by atoms with van der Waals surface area (Å²) in [5, 5.41) is 7.76. The van der Waals surface area contributed by atoms with Crippen LogP contribution < -0.4 is 0 Å². The fourth-order valence-electron chi connectivity index (χ4n) is 0. The van der Waals surface area contributed by atoms with E-state index in [0.717, 1.165) is 0 Å². The molecule has 0 atom stereocenters. The van der Waals surface area contributed by atoms with Gasteiger partial charge in [-0.3, -0.25) is 0 Å². The van der Waals surface area contributed by atoms with Crippen LogP contribution in [-0.4, -0.2) is 52.6 Å². The Morgan fingerprint density at radius 1 is 1.57 bits per heavy atom. The molecule has 0 aliphatic rings. The molecule has 0 aliphatic heterocycles. The van der Waals surface area contributed by atoms with E-state index >= 15 is 0 Å². The predicted octanol–water partition coefficient (Wildman–Crippen LogP) is -0.260. The second-order valence-electron chi connectivity index (χ2n) is 0.572. The zero-order chi connectivity index (χ0) is 5.15. The Morgan fingerprint density at radius 3 is 1.71 bits per heavy atom. The van der Waals surface area contributed by atoms with Gasteiger partial charge in [0.1, 0.15) is 0 Å². The number of rotatable bonds is 0. The molecule has 0 radical (unpaired) electrons. The predicted molar refractivity (Wildman–Crippen MR) is 36.4 cm³/mol. The maximum atomic E-state index is 9.47. The molecule has 0 bridgehead atoms. The second kappa shape index (κ2) is 5.37. The Hall–Kier alpha value is 1.23. The van der Waals surface area contributed by atoms with Crippen molar-refractivity contribution in [2.75, 3.05) is 0 Å². The average molecular weight is 167 g/mol. The third-order valence-corrected chi connectivity index (χ3v) is 0.513. The van der Waals surface area contributed by atoms with E-state index < -0.39 is 6.09 Å². The topological polar surface area (TPSA) is 40.5 Å². The Kier molecular flexibility index (Phi) is 8.50. The number of carboxylic acid groups (broad SMARTS) is 1. The molecule has 0 unspecified atom stereocenters. The quantitative estimate of drug-likeness (QED) is 0.344. The summed E-state index contributed by atoms with van der Waals surface area (Å²) < 4.78 is 0.472. The van der Waals surface area contributed by atoms with Crippen molar-refractivity contribution in [3.8, 4) is 0 Å². The number of hydrogen-bond donors (Lipinski definition) is 3. The van der Waals surface area contributed by atoms with Crippen molar-refractivity contribution in [1.29, 1.82) is 0 Å². The molecule has 0 saturated carbocycles. The van der Waals surface area contributed by atoms with E-state index in [0.29, 0.717) is 3.71 Å². The fraction of sp³-hybridized carbons (Fsp3) is 0. The van der Waals surface area contributed by atoms with Crippen LogP contribution in [0.25, 0.3) is 0 Å². The van der Waals surface area contributed by atoms with Crippen LogP contribution >= 0.6 is 25.6 Å². The number of carbonyl (C=O) groups is 1. The van der Waals surface area contributed by atoms with Gasteiger partial charge in [-0.05, 0) is 25.6 Å². The Labute approximate surface area is 82.2 Å². The number of amides is 1. The zero-order valence-electron chi connectivity index (χ0n) is 2.70. The Balaban J connectivity index is 0. The molecular weight excluding hydrogens is 162 g/mol. The average Bonchev–Trinajstić information content (AvgIpc) is 1.36. The zero-order valence-corrected chi connectivity index (χ0v) is 4.49. The minimum absolute atomic E-state index is 0. The van der Waals surface area contributed by atoms with Crippen LogP contribution in [0.3, 0.4) is 0 Å². The molecule has 3 nitrogen and oxygen atoms in total. The molecule has 0 heterocycles. The molecule has 1 N–H and O–H groups in total. The van der Waals surface area contributed by atoms with Gasteiger partial charge in [-0.15, -0.1) is 0 Å². The van der Waals surface area contributed by atoms with Crippen LogP contribution in [0.2, 0.25) is 0 Å². The van der Waals surface area contributed by atoms with Crippen molar-refractivity contribution in [2.45, 2.75) is 0 Å². The monoisotopic (exact) mass is 167 g/mol. The summed E-state index contributed by atoms with van der Waals surface area (Å²) in [6.45, 7) is 0. The fourth-order valence-corrected chi connectivity index (χ4v) is 0. The molecular formula is CH5CaNO2S2. The van der Waals surface area contributed by atoms with Gasteiger partial charge in [0.2, 0.25) is 0 Å². The summed E-state index contributed by atoms with van der Waals surface area (Å²) >= 11 is 6.58. The van der Waals surface area contributed by atoms with Gasteiger partial charge in [0.25, 0.3) is 0 Å². The van der Waals surface area contributed by atoms with Crippen LogP contribution in [0.15, 0.2) is 0 Å². The first-order valence-corrected chi connectivity index (χ1v) is 1.85. The molecule has 0 spiro atoms. The molecule has 0 aromatic heterocycles. The van der Waals surface area contributed by atoms with E-state index in [4.69, 9.17) is 5.11 Å². The van der Waals surface area contributed by atoms with E-state index in [1.54, 1.807) is 0 Å². The van der Waals surface area contributed by atoms with Crippen molar-refractivity contribution < 1.29 is 9.90 Å². The van der Waals surface area contributed by atoms with Gasteiger partial charge in [0.15, 0.2) is 0 Å². The van der Waals surface area contributed by atoms with Gasteiger partial charge in [0.05, 0.1) is 0 Å². The van der Waals surface area contributed by atoms with Crippen LogP contribution in [0.5, 0.6) is 0 Å². The second-order valence-corrected chi connectivity index (χ2v) is 1.69. The normalized spacial score (nSPS) is 6.57. The van der Waals surface area contributed by atoms with Gasteiger partial charge in [-0.25, -0.2) is 4.79 Å². The van der Waals surface area contributed by atoms with Crippen molar-refractivity contribution in [3.05, 3.63) is 0 Å². The van der Waals surface area contributed by atoms with Crippen LogP contribution in [-0.2, 0) is 0 Å². The Bertz CT molecular complexity index is 66.7.